The van der Waals surface area contributed by atoms with Crippen LogP contribution in [0.1, 0.15) is 34.5 Å². The standard InChI is InChI=1S/C26H27FN4O4/c1-33-20-13-17(14-21(15-20)34-2)25(32)31-12-9-23-22(16-31)24(35-19-7-5-18(27)6-8-19)29-26(28-23)30-10-3-4-11-30/h5-8,13-15H,3-4,9-12,16H2,1-2H3. The van der Waals surface area contributed by atoms with E-state index < -0.39 is 0 Å². The number of ether oxygens (including phenoxy) is 3. The number of hydrogen-bond acceptors (Lipinski definition) is 7. The monoisotopic (exact) mass is 478 g/mol. The number of halogens is 1. The van der Waals surface area contributed by atoms with Gasteiger partial charge in [0.05, 0.1) is 32.0 Å². The Kier molecular flexibility index (Phi) is 6.39. The molecule has 0 unspecified atom stereocenters. The van der Waals surface area contributed by atoms with E-state index in [0.29, 0.717) is 54.2 Å². The van der Waals surface area contributed by atoms with Gasteiger partial charge >= 0.3 is 0 Å². The summed E-state index contributed by atoms with van der Waals surface area (Å²) in [4.78, 5) is 26.9. The van der Waals surface area contributed by atoms with E-state index in [0.717, 1.165) is 37.2 Å². The number of carbonyl (C=O) groups excluding carboxylic acids is 1. The summed E-state index contributed by atoms with van der Waals surface area (Å²) in [5.41, 5.74) is 2.10. The molecule has 2 aliphatic heterocycles. The number of anilines is 1. The third kappa shape index (κ3) is 4.84. The molecule has 3 aromatic rings. The third-order valence-electron chi connectivity index (χ3n) is 6.31. The van der Waals surface area contributed by atoms with Crippen molar-refractivity contribution in [1.82, 2.24) is 14.9 Å². The summed E-state index contributed by atoms with van der Waals surface area (Å²) in [6.45, 7) is 2.61. The number of amides is 1. The summed E-state index contributed by atoms with van der Waals surface area (Å²) in [5.74, 6) is 2.10. The molecule has 182 valence electrons. The Labute approximate surface area is 203 Å². The summed E-state index contributed by atoms with van der Waals surface area (Å²) in [6, 6.07) is 10.9. The molecule has 0 N–H and O–H groups in total. The van der Waals surface area contributed by atoms with E-state index in [1.54, 1.807) is 49.5 Å². The Morgan fingerprint density at radius 2 is 1.60 bits per heavy atom. The topological polar surface area (TPSA) is 77.0 Å². The van der Waals surface area contributed by atoms with E-state index in [9.17, 15) is 9.18 Å². The molecular formula is C26H27FN4O4. The normalized spacial score (nSPS) is 15.1. The zero-order valence-electron chi connectivity index (χ0n) is 19.8. The van der Waals surface area contributed by atoms with Gasteiger partial charge in [0.15, 0.2) is 0 Å². The second kappa shape index (κ2) is 9.77. The smallest absolute Gasteiger partial charge is 0.254 e. The molecule has 0 radical (unpaired) electrons. The van der Waals surface area contributed by atoms with Gasteiger partial charge in [0, 0.05) is 37.7 Å². The van der Waals surface area contributed by atoms with Crippen molar-refractivity contribution in [3.8, 4) is 23.1 Å². The number of methoxy groups -OCH3 is 2. The SMILES string of the molecule is COc1cc(OC)cc(C(=O)N2CCc3nc(N4CCCC4)nc(Oc4ccc(F)cc4)c3C2)c1. The van der Waals surface area contributed by atoms with Crippen molar-refractivity contribution in [1.29, 1.82) is 0 Å². The maximum absolute atomic E-state index is 13.4. The van der Waals surface area contributed by atoms with E-state index in [1.165, 1.54) is 12.1 Å². The summed E-state index contributed by atoms with van der Waals surface area (Å²) in [6.07, 6.45) is 2.77. The van der Waals surface area contributed by atoms with Crippen molar-refractivity contribution >= 4 is 11.9 Å². The first-order valence-corrected chi connectivity index (χ1v) is 11.6. The van der Waals surface area contributed by atoms with E-state index in [4.69, 9.17) is 24.2 Å². The number of aromatic nitrogens is 2. The highest BCUT2D eigenvalue weighted by Crippen LogP contribution is 2.33. The van der Waals surface area contributed by atoms with Gasteiger partial charge in [-0.25, -0.2) is 9.37 Å². The predicted molar refractivity (Wildman–Crippen MR) is 128 cm³/mol. The van der Waals surface area contributed by atoms with Gasteiger partial charge in [0.25, 0.3) is 5.91 Å². The Bertz CT molecular complexity index is 1210. The van der Waals surface area contributed by atoms with Crippen LogP contribution >= 0.6 is 0 Å². The largest absolute Gasteiger partial charge is 0.497 e. The fourth-order valence-corrected chi connectivity index (χ4v) is 4.42. The lowest BCUT2D eigenvalue weighted by Crippen LogP contribution is -2.37. The lowest BCUT2D eigenvalue weighted by atomic mass is 10.0. The number of carbonyl (C=O) groups is 1. The molecule has 2 aromatic carbocycles. The molecule has 3 heterocycles. The molecule has 1 amide bonds. The van der Waals surface area contributed by atoms with Gasteiger partial charge in [-0.05, 0) is 49.2 Å². The lowest BCUT2D eigenvalue weighted by Gasteiger charge is -2.30. The Morgan fingerprint density at radius 1 is 0.914 bits per heavy atom. The summed E-state index contributed by atoms with van der Waals surface area (Å²) in [7, 11) is 3.10. The fraction of sp³-hybridized carbons (Fsp3) is 0.346. The second-order valence-electron chi connectivity index (χ2n) is 8.58. The molecule has 0 spiro atoms. The van der Waals surface area contributed by atoms with E-state index in [-0.39, 0.29) is 11.7 Å². The van der Waals surface area contributed by atoms with Crippen LogP contribution in [0.5, 0.6) is 23.1 Å². The average molecular weight is 479 g/mol. The molecule has 0 bridgehead atoms. The number of rotatable bonds is 6. The van der Waals surface area contributed by atoms with Crippen molar-refractivity contribution in [2.75, 3.05) is 38.8 Å². The molecule has 0 aliphatic carbocycles. The zero-order chi connectivity index (χ0) is 24.4. The number of hydrogen-bond donors (Lipinski definition) is 0. The van der Waals surface area contributed by atoms with Crippen LogP contribution in [0.4, 0.5) is 10.3 Å². The maximum atomic E-state index is 13.4. The number of fused-ring (bicyclic) bond motifs is 1. The minimum absolute atomic E-state index is 0.149. The van der Waals surface area contributed by atoms with Crippen molar-refractivity contribution in [2.24, 2.45) is 0 Å². The van der Waals surface area contributed by atoms with Gasteiger partial charge < -0.3 is 24.0 Å². The van der Waals surface area contributed by atoms with E-state index in [1.807, 2.05) is 0 Å². The highest BCUT2D eigenvalue weighted by Gasteiger charge is 2.29. The van der Waals surface area contributed by atoms with Crippen molar-refractivity contribution < 1.29 is 23.4 Å². The molecular weight excluding hydrogens is 451 g/mol. The van der Waals surface area contributed by atoms with Gasteiger partial charge in [-0.2, -0.15) is 4.98 Å². The molecule has 1 aromatic heterocycles. The Morgan fingerprint density at radius 3 is 2.26 bits per heavy atom. The number of benzene rings is 2. The highest BCUT2D eigenvalue weighted by molar-refractivity contribution is 5.95. The summed E-state index contributed by atoms with van der Waals surface area (Å²) in [5, 5.41) is 0. The van der Waals surface area contributed by atoms with E-state index >= 15 is 0 Å². The van der Waals surface area contributed by atoms with Crippen LogP contribution in [0.3, 0.4) is 0 Å². The molecule has 0 atom stereocenters. The average Bonchev–Trinajstić information content (AvgIpc) is 3.44. The molecule has 0 saturated carbocycles. The van der Waals surface area contributed by atoms with Crippen LogP contribution in [0, 0.1) is 5.82 Å². The summed E-state index contributed by atoms with van der Waals surface area (Å²) >= 11 is 0. The van der Waals surface area contributed by atoms with Gasteiger partial charge in [0.2, 0.25) is 11.8 Å². The molecule has 5 rings (SSSR count). The maximum Gasteiger partial charge on any atom is 0.254 e. The predicted octanol–water partition coefficient (Wildman–Crippen LogP) is 4.22. The molecule has 8 nitrogen and oxygen atoms in total. The van der Waals surface area contributed by atoms with Crippen LogP contribution in [-0.2, 0) is 13.0 Å². The zero-order valence-corrected chi connectivity index (χ0v) is 19.8. The Hall–Kier alpha value is -3.88. The summed E-state index contributed by atoms with van der Waals surface area (Å²) < 4.78 is 30.2. The molecule has 1 saturated heterocycles. The first-order chi connectivity index (χ1) is 17.0. The first kappa shape index (κ1) is 22.9. The minimum Gasteiger partial charge on any atom is -0.497 e. The lowest BCUT2D eigenvalue weighted by molar-refractivity contribution is 0.0731. The van der Waals surface area contributed by atoms with Crippen LogP contribution in [0.15, 0.2) is 42.5 Å². The van der Waals surface area contributed by atoms with Crippen LogP contribution < -0.4 is 19.1 Å². The quantitative estimate of drug-likeness (QED) is 0.525. The first-order valence-electron chi connectivity index (χ1n) is 11.6. The third-order valence-corrected chi connectivity index (χ3v) is 6.31. The fourth-order valence-electron chi connectivity index (χ4n) is 4.42. The van der Waals surface area contributed by atoms with Crippen molar-refractivity contribution in [3.05, 3.63) is 65.1 Å². The van der Waals surface area contributed by atoms with Crippen LogP contribution in [0.2, 0.25) is 0 Å². The second-order valence-corrected chi connectivity index (χ2v) is 8.58. The number of nitrogens with zero attached hydrogens (tertiary/aromatic N) is 4. The highest BCUT2D eigenvalue weighted by atomic mass is 19.1. The van der Waals surface area contributed by atoms with Gasteiger partial charge in [-0.3, -0.25) is 4.79 Å². The molecule has 2 aliphatic rings. The van der Waals surface area contributed by atoms with Gasteiger partial charge in [-0.15, -0.1) is 0 Å². The van der Waals surface area contributed by atoms with Crippen LogP contribution in [-0.4, -0.2) is 54.6 Å². The molecule has 1 fully saturated rings. The molecule has 35 heavy (non-hydrogen) atoms. The van der Waals surface area contributed by atoms with Crippen LogP contribution in [0.25, 0.3) is 0 Å². The minimum atomic E-state index is -0.342. The van der Waals surface area contributed by atoms with Crippen molar-refractivity contribution in [3.63, 3.8) is 0 Å². The van der Waals surface area contributed by atoms with Gasteiger partial charge in [0.1, 0.15) is 23.1 Å². The van der Waals surface area contributed by atoms with Gasteiger partial charge in [-0.1, -0.05) is 0 Å². The molecule has 9 heteroatoms. The van der Waals surface area contributed by atoms with E-state index in [2.05, 4.69) is 4.90 Å². The Balaban J connectivity index is 1.47. The van der Waals surface area contributed by atoms with Crippen molar-refractivity contribution in [2.45, 2.75) is 25.8 Å².